The van der Waals surface area contributed by atoms with Crippen LogP contribution in [-0.2, 0) is 14.8 Å². The van der Waals surface area contributed by atoms with E-state index >= 15 is 0 Å². The second-order valence-electron chi connectivity index (χ2n) is 4.64. The van der Waals surface area contributed by atoms with Gasteiger partial charge in [0, 0.05) is 25.2 Å². The van der Waals surface area contributed by atoms with Crippen molar-refractivity contribution in [2.45, 2.75) is 10.9 Å². The van der Waals surface area contributed by atoms with Gasteiger partial charge >= 0.3 is 5.97 Å². The first-order valence-corrected chi connectivity index (χ1v) is 7.59. The second-order valence-corrected chi connectivity index (χ2v) is 6.21. The van der Waals surface area contributed by atoms with Gasteiger partial charge in [0.25, 0.3) is 10.0 Å². The highest BCUT2D eigenvalue weighted by atomic mass is 32.2. The van der Waals surface area contributed by atoms with E-state index in [0.29, 0.717) is 18.7 Å². The van der Waals surface area contributed by atoms with E-state index in [9.17, 15) is 18.3 Å². The van der Waals surface area contributed by atoms with Crippen LogP contribution in [0.5, 0.6) is 0 Å². The number of amidine groups is 1. The molecule has 2 aliphatic rings. The van der Waals surface area contributed by atoms with Crippen molar-refractivity contribution in [1.29, 1.82) is 0 Å². The topological polar surface area (TPSA) is 99.1 Å². The van der Waals surface area contributed by atoms with E-state index < -0.39 is 22.0 Å². The summed E-state index contributed by atoms with van der Waals surface area (Å²) in [5, 5.41) is 12.2. The molecule has 0 aliphatic carbocycles. The zero-order valence-electron chi connectivity index (χ0n) is 10.5. The van der Waals surface area contributed by atoms with Crippen LogP contribution in [-0.4, -0.2) is 55.9 Å². The molecule has 7 nitrogen and oxygen atoms in total. The average Bonchev–Trinajstić information content (AvgIpc) is 2.71. The molecule has 0 aromatic heterocycles. The number of rotatable bonds is 1. The third kappa shape index (κ3) is 1.97. The van der Waals surface area contributed by atoms with Crippen molar-refractivity contribution in [2.24, 2.45) is 4.40 Å². The molecule has 20 heavy (non-hydrogen) atoms. The minimum Gasteiger partial charge on any atom is -0.480 e. The van der Waals surface area contributed by atoms with Gasteiger partial charge in [-0.05, 0) is 12.1 Å². The maximum atomic E-state index is 12.0. The summed E-state index contributed by atoms with van der Waals surface area (Å²) >= 11 is 0. The van der Waals surface area contributed by atoms with E-state index in [1.807, 2.05) is 0 Å². The van der Waals surface area contributed by atoms with Crippen LogP contribution in [0, 0.1) is 0 Å². The van der Waals surface area contributed by atoms with Gasteiger partial charge < -0.3 is 15.3 Å². The van der Waals surface area contributed by atoms with Crippen LogP contribution in [0.3, 0.4) is 0 Å². The second kappa shape index (κ2) is 4.57. The Kier molecular flexibility index (Phi) is 2.98. The third-order valence-corrected chi connectivity index (χ3v) is 4.74. The number of carbonyl (C=O) groups is 1. The number of benzene rings is 1. The summed E-state index contributed by atoms with van der Waals surface area (Å²) in [7, 11) is -3.72. The van der Waals surface area contributed by atoms with Gasteiger partial charge in [0.1, 0.15) is 10.9 Å². The Morgan fingerprint density at radius 2 is 2.15 bits per heavy atom. The Labute approximate surface area is 116 Å². The molecule has 1 aromatic carbocycles. The zero-order valence-corrected chi connectivity index (χ0v) is 11.3. The van der Waals surface area contributed by atoms with Gasteiger partial charge in [-0.15, -0.1) is 4.40 Å². The third-order valence-electron chi connectivity index (χ3n) is 3.41. The molecule has 0 spiro atoms. The Morgan fingerprint density at radius 1 is 1.40 bits per heavy atom. The largest absolute Gasteiger partial charge is 0.480 e. The predicted octanol–water partition coefficient (Wildman–Crippen LogP) is -0.506. The summed E-state index contributed by atoms with van der Waals surface area (Å²) < 4.78 is 27.8. The fourth-order valence-corrected chi connectivity index (χ4v) is 3.69. The van der Waals surface area contributed by atoms with E-state index in [-0.39, 0.29) is 17.3 Å². The Balaban J connectivity index is 2.08. The highest BCUT2D eigenvalue weighted by Crippen LogP contribution is 2.28. The molecule has 1 atom stereocenters. The number of nitrogens with zero attached hydrogens (tertiary/aromatic N) is 2. The summed E-state index contributed by atoms with van der Waals surface area (Å²) in [5.41, 5.74) is 0.473. The molecule has 2 aliphatic heterocycles. The highest BCUT2D eigenvalue weighted by Gasteiger charge is 2.37. The van der Waals surface area contributed by atoms with E-state index in [1.165, 1.54) is 6.07 Å². The Bertz CT molecular complexity index is 698. The molecule has 1 saturated heterocycles. The fourth-order valence-electron chi connectivity index (χ4n) is 2.47. The Morgan fingerprint density at radius 3 is 2.90 bits per heavy atom. The monoisotopic (exact) mass is 295 g/mol. The summed E-state index contributed by atoms with van der Waals surface area (Å²) in [6, 6.07) is 5.66. The van der Waals surface area contributed by atoms with Crippen molar-refractivity contribution >= 4 is 21.8 Å². The lowest BCUT2D eigenvalue weighted by Crippen LogP contribution is -2.57. The van der Waals surface area contributed by atoms with Crippen molar-refractivity contribution in [1.82, 2.24) is 10.2 Å². The number of piperazine rings is 1. The van der Waals surface area contributed by atoms with Crippen molar-refractivity contribution < 1.29 is 18.3 Å². The number of hydrogen-bond acceptors (Lipinski definition) is 5. The molecular weight excluding hydrogens is 282 g/mol. The lowest BCUT2D eigenvalue weighted by Gasteiger charge is -2.34. The maximum Gasteiger partial charge on any atom is 0.327 e. The fraction of sp³-hybridized carbons (Fsp3) is 0.333. The molecule has 3 rings (SSSR count). The first-order valence-electron chi connectivity index (χ1n) is 6.15. The molecule has 0 radical (unpaired) electrons. The van der Waals surface area contributed by atoms with Crippen molar-refractivity contribution in [3.63, 3.8) is 0 Å². The van der Waals surface area contributed by atoms with Gasteiger partial charge in [-0.3, -0.25) is 0 Å². The standard InChI is InChI=1S/C12H13N3O4S/c16-12(17)9-7-13-5-6-15(9)11-8-3-1-2-4-10(8)20(18,19)14-11/h1-4,9,13H,5-7H2,(H,16,17)/t9-/m1/s1. The van der Waals surface area contributed by atoms with E-state index in [0.717, 1.165) is 0 Å². The smallest absolute Gasteiger partial charge is 0.327 e. The van der Waals surface area contributed by atoms with Gasteiger partial charge in [0.2, 0.25) is 0 Å². The molecule has 2 N–H and O–H groups in total. The van der Waals surface area contributed by atoms with E-state index in [4.69, 9.17) is 0 Å². The number of aliphatic carboxylic acids is 1. The normalized spacial score (nSPS) is 24.1. The molecule has 1 fully saturated rings. The minimum atomic E-state index is -3.72. The van der Waals surface area contributed by atoms with Gasteiger partial charge in [-0.2, -0.15) is 8.42 Å². The van der Waals surface area contributed by atoms with Crippen molar-refractivity contribution in [2.75, 3.05) is 19.6 Å². The number of nitrogens with one attached hydrogen (secondary N) is 1. The molecular formula is C12H13N3O4S. The summed E-state index contributed by atoms with van der Waals surface area (Å²) in [5.74, 6) is -0.767. The van der Waals surface area contributed by atoms with Crippen LogP contribution in [0.15, 0.2) is 33.6 Å². The predicted molar refractivity (Wildman–Crippen MR) is 71.2 cm³/mol. The highest BCUT2D eigenvalue weighted by molar-refractivity contribution is 7.90. The lowest BCUT2D eigenvalue weighted by atomic mass is 10.1. The van der Waals surface area contributed by atoms with Crippen LogP contribution in [0.1, 0.15) is 5.56 Å². The first kappa shape index (κ1) is 13.1. The maximum absolute atomic E-state index is 12.0. The zero-order chi connectivity index (χ0) is 14.3. The summed E-state index contributed by atoms with van der Waals surface area (Å²) in [4.78, 5) is 13.0. The summed E-state index contributed by atoms with van der Waals surface area (Å²) in [6.07, 6.45) is 0. The number of hydrogen-bond donors (Lipinski definition) is 2. The molecule has 0 unspecified atom stereocenters. The molecule has 2 heterocycles. The average molecular weight is 295 g/mol. The van der Waals surface area contributed by atoms with Crippen LogP contribution < -0.4 is 5.32 Å². The van der Waals surface area contributed by atoms with Gasteiger partial charge in [-0.1, -0.05) is 12.1 Å². The van der Waals surface area contributed by atoms with Crippen molar-refractivity contribution in [3.8, 4) is 0 Å². The van der Waals surface area contributed by atoms with Gasteiger partial charge in [0.15, 0.2) is 5.84 Å². The first-order chi connectivity index (χ1) is 9.50. The van der Waals surface area contributed by atoms with Crippen LogP contribution in [0.2, 0.25) is 0 Å². The number of fused-ring (bicyclic) bond motifs is 1. The Hall–Kier alpha value is -1.93. The van der Waals surface area contributed by atoms with Crippen LogP contribution >= 0.6 is 0 Å². The lowest BCUT2D eigenvalue weighted by molar-refractivity contribution is -0.142. The van der Waals surface area contributed by atoms with E-state index in [2.05, 4.69) is 9.71 Å². The molecule has 106 valence electrons. The molecule has 8 heteroatoms. The minimum absolute atomic E-state index is 0.137. The molecule has 1 aromatic rings. The van der Waals surface area contributed by atoms with Gasteiger partial charge in [-0.25, -0.2) is 4.79 Å². The molecule has 0 amide bonds. The van der Waals surface area contributed by atoms with Gasteiger partial charge in [0.05, 0.1) is 0 Å². The van der Waals surface area contributed by atoms with Crippen LogP contribution in [0.25, 0.3) is 0 Å². The van der Waals surface area contributed by atoms with Crippen molar-refractivity contribution in [3.05, 3.63) is 29.8 Å². The number of sulfonamides is 1. The molecule has 0 bridgehead atoms. The summed E-state index contributed by atoms with van der Waals surface area (Å²) in [6.45, 7) is 1.25. The molecule has 0 saturated carbocycles. The van der Waals surface area contributed by atoms with E-state index in [1.54, 1.807) is 23.1 Å². The number of carboxylic acid groups (broad SMARTS) is 1. The SMILES string of the molecule is O=C(O)[C@H]1CNCCN1C1=NS(=O)(=O)c2ccccc21. The quantitative estimate of drug-likeness (QED) is 0.724. The van der Waals surface area contributed by atoms with Crippen LogP contribution in [0.4, 0.5) is 0 Å². The number of carboxylic acids is 1.